The highest BCUT2D eigenvalue weighted by Gasteiger charge is 2.07. The molecular weight excluding hydrogens is 454 g/mol. The molecule has 0 atom stereocenters. The number of rotatable bonds is 8. The number of fused-ring (bicyclic) bond motifs is 1. The summed E-state index contributed by atoms with van der Waals surface area (Å²) in [5.74, 6) is 1.43. The van der Waals surface area contributed by atoms with Gasteiger partial charge in [0.2, 0.25) is 0 Å². The molecule has 1 N–H and O–H groups in total. The SMILES string of the molecule is COc1ccc(CN/N=C\c2cn(Cc3ccc(Br)cc3)c3ccccc23)cc1OC. The largest absolute Gasteiger partial charge is 0.493 e. The van der Waals surface area contributed by atoms with E-state index in [4.69, 9.17) is 9.47 Å². The van der Waals surface area contributed by atoms with Crippen LogP contribution in [0.5, 0.6) is 11.5 Å². The van der Waals surface area contributed by atoms with Gasteiger partial charge in [-0.05, 0) is 41.5 Å². The van der Waals surface area contributed by atoms with Gasteiger partial charge in [-0.2, -0.15) is 5.10 Å². The predicted octanol–water partition coefficient (Wildman–Crippen LogP) is 5.59. The van der Waals surface area contributed by atoms with Crippen LogP contribution in [0.4, 0.5) is 0 Å². The van der Waals surface area contributed by atoms with Crippen molar-refractivity contribution in [1.82, 2.24) is 9.99 Å². The van der Waals surface area contributed by atoms with Crippen LogP contribution in [0.3, 0.4) is 0 Å². The minimum atomic E-state index is 0.592. The molecule has 158 valence electrons. The Bertz CT molecular complexity index is 1200. The van der Waals surface area contributed by atoms with Crippen LogP contribution in [0.15, 0.2) is 82.5 Å². The van der Waals surface area contributed by atoms with Gasteiger partial charge in [0.1, 0.15) is 0 Å². The maximum absolute atomic E-state index is 5.36. The van der Waals surface area contributed by atoms with Gasteiger partial charge in [-0.3, -0.25) is 0 Å². The van der Waals surface area contributed by atoms with Gasteiger partial charge in [0.15, 0.2) is 11.5 Å². The Hall–Kier alpha value is -3.25. The van der Waals surface area contributed by atoms with Crippen molar-refractivity contribution in [3.8, 4) is 11.5 Å². The lowest BCUT2D eigenvalue weighted by atomic mass is 10.2. The first-order valence-electron chi connectivity index (χ1n) is 9.97. The molecule has 0 saturated heterocycles. The standard InChI is InChI=1S/C25H24BrN3O2/c1-30-24-12-9-19(13-25(24)31-2)14-27-28-15-20-17-29(23-6-4-3-5-22(20)23)16-18-7-10-21(26)11-8-18/h3-13,15,17,27H,14,16H2,1-2H3/b28-15-. The summed E-state index contributed by atoms with van der Waals surface area (Å²) in [4.78, 5) is 0. The van der Waals surface area contributed by atoms with Crippen molar-refractivity contribution in [1.29, 1.82) is 0 Å². The topological polar surface area (TPSA) is 47.8 Å². The molecule has 3 aromatic carbocycles. The number of para-hydroxylation sites is 1. The number of hydrogen-bond acceptors (Lipinski definition) is 4. The molecule has 4 aromatic rings. The third-order valence-electron chi connectivity index (χ3n) is 5.11. The van der Waals surface area contributed by atoms with Crippen LogP contribution in [-0.4, -0.2) is 25.0 Å². The smallest absolute Gasteiger partial charge is 0.161 e. The predicted molar refractivity (Wildman–Crippen MR) is 129 cm³/mol. The summed E-state index contributed by atoms with van der Waals surface area (Å²) in [7, 11) is 3.27. The van der Waals surface area contributed by atoms with E-state index in [0.29, 0.717) is 18.0 Å². The highest BCUT2D eigenvalue weighted by atomic mass is 79.9. The first-order chi connectivity index (χ1) is 15.2. The first kappa shape index (κ1) is 21.0. The molecule has 5 nitrogen and oxygen atoms in total. The highest BCUT2D eigenvalue weighted by Crippen LogP contribution is 2.27. The Labute approximate surface area is 190 Å². The lowest BCUT2D eigenvalue weighted by Gasteiger charge is -2.09. The van der Waals surface area contributed by atoms with Gasteiger partial charge in [0.25, 0.3) is 0 Å². The van der Waals surface area contributed by atoms with Gasteiger partial charge in [-0.25, -0.2) is 0 Å². The maximum Gasteiger partial charge on any atom is 0.161 e. The molecule has 4 rings (SSSR count). The molecule has 0 fully saturated rings. The van der Waals surface area contributed by atoms with Gasteiger partial charge in [0, 0.05) is 33.7 Å². The number of hydrazone groups is 1. The van der Waals surface area contributed by atoms with Crippen molar-refractivity contribution >= 4 is 33.0 Å². The molecule has 31 heavy (non-hydrogen) atoms. The van der Waals surface area contributed by atoms with E-state index in [9.17, 15) is 0 Å². The minimum Gasteiger partial charge on any atom is -0.493 e. The van der Waals surface area contributed by atoms with E-state index in [1.807, 2.05) is 24.4 Å². The monoisotopic (exact) mass is 477 g/mol. The Morgan fingerprint density at radius 2 is 1.68 bits per heavy atom. The lowest BCUT2D eigenvalue weighted by molar-refractivity contribution is 0.354. The number of hydrogen-bond donors (Lipinski definition) is 1. The van der Waals surface area contributed by atoms with Crippen LogP contribution in [-0.2, 0) is 13.1 Å². The average Bonchev–Trinajstić information content (AvgIpc) is 3.15. The summed E-state index contributed by atoms with van der Waals surface area (Å²) in [5, 5.41) is 5.63. The third kappa shape index (κ3) is 4.91. The van der Waals surface area contributed by atoms with E-state index in [1.54, 1.807) is 14.2 Å². The molecular formula is C25H24BrN3O2. The van der Waals surface area contributed by atoms with Crippen LogP contribution in [0.2, 0.25) is 0 Å². The molecule has 0 radical (unpaired) electrons. The van der Waals surface area contributed by atoms with Crippen molar-refractivity contribution < 1.29 is 9.47 Å². The zero-order chi connectivity index (χ0) is 21.6. The van der Waals surface area contributed by atoms with Crippen LogP contribution < -0.4 is 14.9 Å². The summed E-state index contributed by atoms with van der Waals surface area (Å²) in [6.45, 7) is 1.40. The fourth-order valence-electron chi connectivity index (χ4n) is 3.54. The second kappa shape index (κ2) is 9.71. The number of ether oxygens (including phenoxy) is 2. The average molecular weight is 478 g/mol. The fourth-order valence-corrected chi connectivity index (χ4v) is 3.80. The van der Waals surface area contributed by atoms with E-state index < -0.39 is 0 Å². The van der Waals surface area contributed by atoms with E-state index in [2.05, 4.69) is 85.8 Å². The molecule has 0 amide bonds. The molecule has 0 aliphatic heterocycles. The number of halogens is 1. The summed E-state index contributed by atoms with van der Waals surface area (Å²) < 4.78 is 14.0. The van der Waals surface area contributed by atoms with E-state index >= 15 is 0 Å². The van der Waals surface area contributed by atoms with E-state index in [0.717, 1.165) is 22.1 Å². The minimum absolute atomic E-state index is 0.592. The number of benzene rings is 3. The number of nitrogens with one attached hydrogen (secondary N) is 1. The first-order valence-corrected chi connectivity index (χ1v) is 10.8. The second-order valence-electron chi connectivity index (χ2n) is 7.14. The number of nitrogens with zero attached hydrogens (tertiary/aromatic N) is 2. The van der Waals surface area contributed by atoms with Crippen molar-refractivity contribution in [3.63, 3.8) is 0 Å². The van der Waals surface area contributed by atoms with Crippen molar-refractivity contribution in [2.24, 2.45) is 5.10 Å². The molecule has 0 aliphatic carbocycles. The van der Waals surface area contributed by atoms with Gasteiger partial charge in [-0.1, -0.05) is 52.3 Å². The summed E-state index contributed by atoms with van der Waals surface area (Å²) in [6.07, 6.45) is 4.02. The Morgan fingerprint density at radius 3 is 2.45 bits per heavy atom. The summed E-state index contributed by atoms with van der Waals surface area (Å²) >= 11 is 3.50. The number of aromatic nitrogens is 1. The highest BCUT2D eigenvalue weighted by molar-refractivity contribution is 9.10. The molecule has 6 heteroatoms. The summed E-state index contributed by atoms with van der Waals surface area (Å²) in [6, 6.07) is 22.6. The second-order valence-corrected chi connectivity index (χ2v) is 8.05. The zero-order valence-electron chi connectivity index (χ0n) is 17.5. The molecule has 0 aliphatic rings. The molecule has 1 aromatic heterocycles. The van der Waals surface area contributed by atoms with Gasteiger partial charge in [-0.15, -0.1) is 0 Å². The Balaban J connectivity index is 1.49. The zero-order valence-corrected chi connectivity index (χ0v) is 19.1. The third-order valence-corrected chi connectivity index (χ3v) is 5.64. The molecule has 0 unspecified atom stereocenters. The molecule has 1 heterocycles. The van der Waals surface area contributed by atoms with Crippen LogP contribution in [0.25, 0.3) is 10.9 Å². The van der Waals surface area contributed by atoms with E-state index in [1.165, 1.54) is 16.5 Å². The van der Waals surface area contributed by atoms with Gasteiger partial charge < -0.3 is 19.5 Å². The Morgan fingerprint density at radius 1 is 0.935 bits per heavy atom. The summed E-state index contributed by atoms with van der Waals surface area (Å²) in [5.41, 5.74) is 7.70. The Kier molecular flexibility index (Phi) is 6.57. The molecule has 0 bridgehead atoms. The van der Waals surface area contributed by atoms with Crippen molar-refractivity contribution in [2.75, 3.05) is 14.2 Å². The van der Waals surface area contributed by atoms with Crippen molar-refractivity contribution in [3.05, 3.63) is 94.1 Å². The van der Waals surface area contributed by atoms with Gasteiger partial charge in [0.05, 0.1) is 27.0 Å². The van der Waals surface area contributed by atoms with Crippen LogP contribution in [0.1, 0.15) is 16.7 Å². The number of methoxy groups -OCH3 is 2. The van der Waals surface area contributed by atoms with E-state index in [-0.39, 0.29) is 0 Å². The maximum atomic E-state index is 5.36. The fraction of sp³-hybridized carbons (Fsp3) is 0.160. The van der Waals surface area contributed by atoms with Gasteiger partial charge >= 0.3 is 0 Å². The molecule has 0 saturated carbocycles. The van der Waals surface area contributed by atoms with Crippen molar-refractivity contribution in [2.45, 2.75) is 13.1 Å². The van der Waals surface area contributed by atoms with Crippen LogP contribution in [0, 0.1) is 0 Å². The lowest BCUT2D eigenvalue weighted by Crippen LogP contribution is -2.06. The quantitative estimate of drug-likeness (QED) is 0.265. The van der Waals surface area contributed by atoms with Crippen LogP contribution >= 0.6 is 15.9 Å². The normalized spacial score (nSPS) is 11.2. The molecule has 0 spiro atoms.